The number of carbonyl (C=O) groups is 2. The van der Waals surface area contributed by atoms with E-state index < -0.39 is 5.91 Å². The van der Waals surface area contributed by atoms with Gasteiger partial charge in [0.05, 0.1) is 5.56 Å². The smallest absolute Gasteiger partial charge is 0.253 e. The number of amides is 2. The fraction of sp³-hybridized carbons (Fsp3) is 0.267. The second-order valence-electron chi connectivity index (χ2n) is 5.02. The van der Waals surface area contributed by atoms with Crippen molar-refractivity contribution < 1.29 is 9.59 Å². The lowest BCUT2D eigenvalue weighted by Crippen LogP contribution is -2.28. The summed E-state index contributed by atoms with van der Waals surface area (Å²) in [5.74, 6) is -0.957. The van der Waals surface area contributed by atoms with Gasteiger partial charge in [0.15, 0.2) is 0 Å². The fourth-order valence-electron chi connectivity index (χ4n) is 2.11. The number of hydrogen-bond donors (Lipinski definition) is 2. The zero-order valence-electron chi connectivity index (χ0n) is 12.6. The van der Waals surface area contributed by atoms with Crippen LogP contribution in [0, 0.1) is 20.8 Å². The molecule has 3 N–H and O–H groups in total. The van der Waals surface area contributed by atoms with Crippen LogP contribution in [0.3, 0.4) is 0 Å². The lowest BCUT2D eigenvalue weighted by Gasteiger charge is -2.08. The Morgan fingerprint density at radius 3 is 2.64 bits per heavy atom. The summed E-state index contributed by atoms with van der Waals surface area (Å²) >= 11 is 1.30. The minimum absolute atomic E-state index is 0.116. The molecule has 0 bridgehead atoms. The highest BCUT2D eigenvalue weighted by atomic mass is 32.1. The Bertz CT molecular complexity index is 805. The molecule has 0 aliphatic heterocycles. The van der Waals surface area contributed by atoms with Gasteiger partial charge in [-0.2, -0.15) is 0 Å². The van der Waals surface area contributed by atoms with Gasteiger partial charge >= 0.3 is 0 Å². The molecule has 0 saturated carbocycles. The van der Waals surface area contributed by atoms with Crippen LogP contribution in [0.2, 0.25) is 0 Å². The third kappa shape index (κ3) is 3.09. The molecule has 2 heterocycles. The van der Waals surface area contributed by atoms with Gasteiger partial charge in [-0.15, -0.1) is 11.3 Å². The topological polar surface area (TPSA) is 94.2 Å². The molecule has 0 aliphatic rings. The van der Waals surface area contributed by atoms with Crippen LogP contribution in [0.5, 0.6) is 0 Å². The summed E-state index contributed by atoms with van der Waals surface area (Å²) in [5.41, 5.74) is 6.80. The lowest BCUT2D eigenvalue weighted by molar-refractivity contribution is -0.116. The standard InChI is InChI=1S/C15H17N3O3S/c1-8-5-4-6-18(15(8)21)7-11(19)17-14-12(13(16)20)9(2)10(3)22-14/h4-6H,7H2,1-3H3,(H2,16,20)(H,17,19). The molecular formula is C15H17N3O3S. The number of nitrogens with two attached hydrogens (primary N) is 1. The Morgan fingerprint density at radius 2 is 2.00 bits per heavy atom. The number of hydrogen-bond acceptors (Lipinski definition) is 4. The van der Waals surface area contributed by atoms with E-state index in [1.807, 2.05) is 6.92 Å². The van der Waals surface area contributed by atoms with Gasteiger partial charge in [-0.3, -0.25) is 14.4 Å². The first-order valence-electron chi connectivity index (χ1n) is 6.67. The molecule has 0 aromatic carbocycles. The zero-order valence-corrected chi connectivity index (χ0v) is 13.4. The number of nitrogens with zero attached hydrogens (tertiary/aromatic N) is 1. The van der Waals surface area contributed by atoms with Gasteiger partial charge in [0.1, 0.15) is 11.5 Å². The summed E-state index contributed by atoms with van der Waals surface area (Å²) in [6.45, 7) is 5.21. The molecule has 0 saturated heterocycles. The summed E-state index contributed by atoms with van der Waals surface area (Å²) in [4.78, 5) is 36.5. The van der Waals surface area contributed by atoms with Crippen LogP contribution in [-0.2, 0) is 11.3 Å². The Hall–Kier alpha value is -2.41. The van der Waals surface area contributed by atoms with Crippen LogP contribution >= 0.6 is 11.3 Å². The van der Waals surface area contributed by atoms with E-state index in [0.29, 0.717) is 16.1 Å². The Morgan fingerprint density at radius 1 is 1.32 bits per heavy atom. The molecule has 6 nitrogen and oxygen atoms in total. The second kappa shape index (κ2) is 6.15. The summed E-state index contributed by atoms with van der Waals surface area (Å²) < 4.78 is 1.32. The SMILES string of the molecule is Cc1sc(NC(=O)Cn2cccc(C)c2=O)c(C(N)=O)c1C. The van der Waals surface area contributed by atoms with Gasteiger partial charge in [0, 0.05) is 16.6 Å². The average molecular weight is 319 g/mol. The first-order valence-corrected chi connectivity index (χ1v) is 7.48. The first-order chi connectivity index (χ1) is 10.3. The number of aromatic nitrogens is 1. The fourth-order valence-corrected chi connectivity index (χ4v) is 3.20. The normalized spacial score (nSPS) is 10.5. The molecule has 2 amide bonds. The number of pyridine rings is 1. The maximum atomic E-state index is 12.1. The Kier molecular flexibility index (Phi) is 4.46. The van der Waals surface area contributed by atoms with Crippen molar-refractivity contribution in [1.29, 1.82) is 0 Å². The van der Waals surface area contributed by atoms with E-state index in [0.717, 1.165) is 10.4 Å². The minimum Gasteiger partial charge on any atom is -0.365 e. The molecule has 22 heavy (non-hydrogen) atoms. The van der Waals surface area contributed by atoms with Crippen molar-refractivity contribution in [1.82, 2.24) is 4.57 Å². The molecule has 0 radical (unpaired) electrons. The Balaban J connectivity index is 2.23. The molecule has 0 fully saturated rings. The third-order valence-corrected chi connectivity index (χ3v) is 4.53. The van der Waals surface area contributed by atoms with Crippen LogP contribution in [0.4, 0.5) is 5.00 Å². The van der Waals surface area contributed by atoms with Crippen molar-refractivity contribution in [3.05, 3.63) is 50.3 Å². The molecule has 0 spiro atoms. The van der Waals surface area contributed by atoms with Gasteiger partial charge in [-0.05, 0) is 32.4 Å². The zero-order chi connectivity index (χ0) is 16.4. The van der Waals surface area contributed by atoms with E-state index in [1.165, 1.54) is 15.9 Å². The van der Waals surface area contributed by atoms with Gasteiger partial charge in [-0.25, -0.2) is 0 Å². The molecule has 2 aromatic rings. The van der Waals surface area contributed by atoms with Gasteiger partial charge in [0.25, 0.3) is 11.5 Å². The number of primary amides is 1. The quantitative estimate of drug-likeness (QED) is 0.895. The molecule has 2 aromatic heterocycles. The number of anilines is 1. The lowest BCUT2D eigenvalue weighted by atomic mass is 10.1. The van der Waals surface area contributed by atoms with Gasteiger partial charge < -0.3 is 15.6 Å². The van der Waals surface area contributed by atoms with Crippen molar-refractivity contribution in [3.8, 4) is 0 Å². The maximum Gasteiger partial charge on any atom is 0.253 e. The monoisotopic (exact) mass is 319 g/mol. The highest BCUT2D eigenvalue weighted by molar-refractivity contribution is 7.16. The Labute approximate surface area is 131 Å². The van der Waals surface area contributed by atoms with Crippen molar-refractivity contribution in [3.63, 3.8) is 0 Å². The van der Waals surface area contributed by atoms with Crippen LogP contribution in [0.15, 0.2) is 23.1 Å². The molecular weight excluding hydrogens is 302 g/mol. The first kappa shape index (κ1) is 16.0. The van der Waals surface area contributed by atoms with Crippen LogP contribution in [0.25, 0.3) is 0 Å². The van der Waals surface area contributed by atoms with Crippen LogP contribution in [-0.4, -0.2) is 16.4 Å². The summed E-state index contributed by atoms with van der Waals surface area (Å²) in [7, 11) is 0. The summed E-state index contributed by atoms with van der Waals surface area (Å²) in [6, 6.07) is 3.40. The van der Waals surface area contributed by atoms with Crippen molar-refractivity contribution in [2.24, 2.45) is 5.73 Å². The van der Waals surface area contributed by atoms with E-state index in [2.05, 4.69) is 5.32 Å². The largest absolute Gasteiger partial charge is 0.365 e. The maximum absolute atomic E-state index is 12.1. The van der Waals surface area contributed by atoms with E-state index in [-0.39, 0.29) is 18.0 Å². The molecule has 116 valence electrons. The van der Waals surface area contributed by atoms with E-state index >= 15 is 0 Å². The number of aryl methyl sites for hydroxylation is 2. The minimum atomic E-state index is -0.579. The number of thiophene rings is 1. The van der Waals surface area contributed by atoms with Crippen LogP contribution < -0.4 is 16.6 Å². The van der Waals surface area contributed by atoms with E-state index in [9.17, 15) is 14.4 Å². The average Bonchev–Trinajstić information content (AvgIpc) is 2.70. The molecule has 2 rings (SSSR count). The highest BCUT2D eigenvalue weighted by Gasteiger charge is 2.19. The third-order valence-electron chi connectivity index (χ3n) is 3.41. The summed E-state index contributed by atoms with van der Waals surface area (Å²) in [6.07, 6.45) is 1.55. The predicted octanol–water partition coefficient (Wildman–Crippen LogP) is 1.57. The number of nitrogens with one attached hydrogen (secondary N) is 1. The molecule has 7 heteroatoms. The molecule has 0 atom stereocenters. The summed E-state index contributed by atoms with van der Waals surface area (Å²) in [5, 5.41) is 3.09. The highest BCUT2D eigenvalue weighted by Crippen LogP contribution is 2.31. The van der Waals surface area contributed by atoms with Crippen LogP contribution in [0.1, 0.15) is 26.4 Å². The number of rotatable bonds is 4. The molecule has 0 aliphatic carbocycles. The molecule has 0 unspecified atom stereocenters. The van der Waals surface area contributed by atoms with Crippen molar-refractivity contribution in [2.45, 2.75) is 27.3 Å². The second-order valence-corrected chi connectivity index (χ2v) is 6.25. The van der Waals surface area contributed by atoms with Gasteiger partial charge in [-0.1, -0.05) is 6.07 Å². The van der Waals surface area contributed by atoms with E-state index in [1.54, 1.807) is 32.2 Å². The number of carbonyl (C=O) groups excluding carboxylic acids is 2. The van der Waals surface area contributed by atoms with Gasteiger partial charge in [0.2, 0.25) is 5.91 Å². The predicted molar refractivity (Wildman–Crippen MR) is 86.4 cm³/mol. The van der Waals surface area contributed by atoms with E-state index in [4.69, 9.17) is 5.73 Å². The van der Waals surface area contributed by atoms with Crippen molar-refractivity contribution >= 4 is 28.2 Å². The van der Waals surface area contributed by atoms with Crippen molar-refractivity contribution in [2.75, 3.05) is 5.32 Å².